The third-order valence-corrected chi connectivity index (χ3v) is 6.64. The molecular weight excluding hydrogens is 391 g/mol. The summed E-state index contributed by atoms with van der Waals surface area (Å²) in [6.45, 7) is 7.50. The Kier molecular flexibility index (Phi) is 22.5. The Hall–Kier alpha value is 0.0600. The molecule has 0 aliphatic rings. The summed E-state index contributed by atoms with van der Waals surface area (Å²) in [6, 6.07) is 0. The van der Waals surface area contributed by atoms with Crippen LogP contribution in [-0.2, 0) is 9.59 Å². The summed E-state index contributed by atoms with van der Waals surface area (Å²) in [5, 5.41) is 25.7. The first kappa shape index (κ1) is 32.2. The molecule has 0 aliphatic heterocycles. The van der Waals surface area contributed by atoms with Crippen molar-refractivity contribution in [1.82, 2.24) is 0 Å². The van der Waals surface area contributed by atoms with Crippen LogP contribution in [0.25, 0.3) is 0 Å². The van der Waals surface area contributed by atoms with Gasteiger partial charge in [-0.25, -0.2) is 4.79 Å². The fraction of sp³-hybridized carbons (Fsp3) is 0.917. The summed E-state index contributed by atoms with van der Waals surface area (Å²) in [5.41, 5.74) is -1.04. The number of aliphatic carboxylic acids is 1. The first-order chi connectivity index (χ1) is 14.0. The number of aliphatic hydroxyl groups is 2. The van der Waals surface area contributed by atoms with Crippen molar-refractivity contribution < 1.29 is 24.9 Å². The quantitative estimate of drug-likeness (QED) is 0.197. The molecule has 0 bridgehead atoms. The fourth-order valence-electron chi connectivity index (χ4n) is 3.14. The molecule has 5 nitrogen and oxygen atoms in total. The van der Waals surface area contributed by atoms with Crippen LogP contribution in [0.1, 0.15) is 124 Å². The van der Waals surface area contributed by atoms with E-state index in [1.165, 1.54) is 84.0 Å². The van der Waals surface area contributed by atoms with E-state index < -0.39 is 17.7 Å². The fourth-order valence-corrected chi connectivity index (χ4v) is 3.39. The maximum absolute atomic E-state index is 11.3. The molecule has 2 atom stereocenters. The number of carboxylic acids is 1. The van der Waals surface area contributed by atoms with Gasteiger partial charge in [0.25, 0.3) is 0 Å². The third-order valence-electron chi connectivity index (χ3n) is 5.56. The van der Waals surface area contributed by atoms with Crippen molar-refractivity contribution in [3.63, 3.8) is 0 Å². The molecule has 0 aliphatic carbocycles. The predicted molar refractivity (Wildman–Crippen MR) is 125 cm³/mol. The number of rotatable bonds is 18. The van der Waals surface area contributed by atoms with Crippen molar-refractivity contribution in [2.75, 3.05) is 0 Å². The number of carboxylic acid groups (broad SMARTS) is 1. The van der Waals surface area contributed by atoms with E-state index in [4.69, 9.17) is 10.2 Å². The maximum Gasteiger partial charge on any atom is 0.332 e. The average Bonchev–Trinajstić information content (AvgIpc) is 2.64. The van der Waals surface area contributed by atoms with E-state index in [9.17, 15) is 14.7 Å². The van der Waals surface area contributed by atoms with Gasteiger partial charge in [-0.3, -0.25) is 0 Å². The van der Waals surface area contributed by atoms with E-state index >= 15 is 0 Å². The van der Waals surface area contributed by atoms with E-state index in [1.807, 2.05) is 0 Å². The number of unbranched alkanes of at least 4 members (excludes halogenated alkanes) is 12. The smallest absolute Gasteiger partial charge is 0.332 e. The second-order valence-corrected chi connectivity index (χ2v) is 10.3. The molecular formula is C24H47NaO5. The zero-order chi connectivity index (χ0) is 23.4. The summed E-state index contributed by atoms with van der Waals surface area (Å²) < 4.78 is 0.0300. The minimum absolute atomic E-state index is 0.0300. The second kappa shape index (κ2) is 20.9. The van der Waals surface area contributed by atoms with E-state index in [1.54, 1.807) is 6.92 Å². The van der Waals surface area contributed by atoms with Gasteiger partial charge >= 0.3 is 124 Å². The van der Waals surface area contributed by atoms with Crippen LogP contribution >= 0.6 is 0 Å². The molecule has 2 unspecified atom stereocenters. The number of hydrogen-bond acceptors (Lipinski definition) is 4. The summed E-state index contributed by atoms with van der Waals surface area (Å²) in [4.78, 5) is 20.7. The first-order valence-corrected chi connectivity index (χ1v) is 13.1. The molecule has 0 amide bonds. The average molecular weight is 439 g/mol. The molecule has 174 valence electrons. The molecule has 0 saturated carbocycles. The zero-order valence-corrected chi connectivity index (χ0v) is 22.4. The van der Waals surface area contributed by atoms with Crippen LogP contribution in [-0.4, -0.2) is 64.0 Å². The second-order valence-electron chi connectivity index (χ2n) is 9.37. The van der Waals surface area contributed by atoms with Crippen molar-refractivity contribution in [1.29, 1.82) is 0 Å². The SMILES string of the molecule is CC(C)CCCCCCCCCCCCCCCC(C)(O)[C](=O)[Na].CC(O)C(=O)O. The first-order valence-electron chi connectivity index (χ1n) is 12.1. The van der Waals surface area contributed by atoms with Gasteiger partial charge in [-0.05, 0) is 12.8 Å². The van der Waals surface area contributed by atoms with Crippen molar-refractivity contribution in [2.45, 2.75) is 136 Å². The molecule has 0 aromatic heterocycles. The molecule has 0 saturated heterocycles. The molecule has 0 aromatic rings. The van der Waals surface area contributed by atoms with Crippen LogP contribution in [0.5, 0.6) is 0 Å². The van der Waals surface area contributed by atoms with E-state index in [0.717, 1.165) is 18.8 Å². The monoisotopic (exact) mass is 438 g/mol. The standard InChI is InChI=1S/C21H41O2.C3H6O3.Na/c1-20(2)17-15-13-11-9-7-5-4-6-8-10-12-14-16-18-21(3,23)19-22;1-2(4)3(5)6;/h20,23H,4-18H2,1-3H3;2,4H,1H3,(H,5,6);. The topological polar surface area (TPSA) is 94.8 Å². The van der Waals surface area contributed by atoms with E-state index in [-0.39, 0.29) is 3.03 Å². The Labute approximate surface area is 202 Å². The Morgan fingerprint density at radius 1 is 0.767 bits per heavy atom. The Balaban J connectivity index is 0. The third kappa shape index (κ3) is 24.3. The normalized spacial score (nSPS) is 14.0. The molecule has 0 radical (unpaired) electrons. The van der Waals surface area contributed by atoms with E-state index in [2.05, 4.69) is 13.8 Å². The van der Waals surface area contributed by atoms with Crippen LogP contribution in [0.3, 0.4) is 0 Å². The maximum atomic E-state index is 11.3. The number of hydrogen-bond donors (Lipinski definition) is 3. The summed E-state index contributed by atoms with van der Waals surface area (Å²) in [5.74, 6) is -0.316. The summed E-state index contributed by atoms with van der Waals surface area (Å²) in [7, 11) is 0. The molecule has 0 spiro atoms. The van der Waals surface area contributed by atoms with Crippen molar-refractivity contribution in [3.05, 3.63) is 0 Å². The molecule has 6 heteroatoms. The van der Waals surface area contributed by atoms with Crippen LogP contribution in [0.15, 0.2) is 0 Å². The van der Waals surface area contributed by atoms with Crippen molar-refractivity contribution in [3.8, 4) is 0 Å². The minimum Gasteiger partial charge on any atom is -0.479 e. The van der Waals surface area contributed by atoms with Gasteiger partial charge in [0.1, 0.15) is 6.10 Å². The van der Waals surface area contributed by atoms with Gasteiger partial charge in [0.05, 0.1) is 0 Å². The zero-order valence-electron chi connectivity index (χ0n) is 20.4. The van der Waals surface area contributed by atoms with Crippen molar-refractivity contribution >= 4 is 36.9 Å². The Morgan fingerprint density at radius 3 is 1.33 bits per heavy atom. The largest absolute Gasteiger partial charge is 0.479 e. The molecule has 0 aromatic carbocycles. The van der Waals surface area contributed by atoms with E-state index in [0.29, 0.717) is 34.4 Å². The number of carbonyl (C=O) groups excluding carboxylic acids is 1. The van der Waals surface area contributed by atoms with Crippen LogP contribution in [0.4, 0.5) is 0 Å². The van der Waals surface area contributed by atoms with Gasteiger partial charge < -0.3 is 10.2 Å². The molecule has 30 heavy (non-hydrogen) atoms. The number of aliphatic hydroxyl groups excluding tert-OH is 1. The minimum atomic E-state index is -1.23. The van der Waals surface area contributed by atoms with Gasteiger partial charge in [-0.2, -0.15) is 0 Å². The predicted octanol–water partition coefficient (Wildman–Crippen LogP) is 5.39. The molecule has 0 rings (SSSR count). The van der Waals surface area contributed by atoms with Crippen LogP contribution < -0.4 is 0 Å². The van der Waals surface area contributed by atoms with Gasteiger partial charge in [-0.1, -0.05) is 46.0 Å². The van der Waals surface area contributed by atoms with Gasteiger partial charge in [0.15, 0.2) is 0 Å². The summed E-state index contributed by atoms with van der Waals surface area (Å²) >= 11 is 0.459. The molecule has 0 heterocycles. The van der Waals surface area contributed by atoms with Gasteiger partial charge in [0, 0.05) is 0 Å². The van der Waals surface area contributed by atoms with Crippen molar-refractivity contribution in [2.24, 2.45) is 5.92 Å². The molecule has 3 N–H and O–H groups in total. The Bertz CT molecular complexity index is 422. The Morgan fingerprint density at radius 2 is 1.07 bits per heavy atom. The van der Waals surface area contributed by atoms with Crippen LogP contribution in [0.2, 0.25) is 0 Å². The van der Waals surface area contributed by atoms with Gasteiger partial charge in [-0.15, -0.1) is 0 Å². The molecule has 0 fully saturated rings. The summed E-state index contributed by atoms with van der Waals surface area (Å²) in [6.07, 6.45) is 18.2. The van der Waals surface area contributed by atoms with Gasteiger partial charge in [0.2, 0.25) is 0 Å². The van der Waals surface area contributed by atoms with Crippen LogP contribution in [0, 0.1) is 5.92 Å². The number of carbonyl (C=O) groups is 2.